The van der Waals surface area contributed by atoms with Gasteiger partial charge in [-0.2, -0.15) is 0 Å². The number of benzene rings is 1. The number of nitrogens with zero attached hydrogens (tertiary/aromatic N) is 3. The normalized spacial score (nSPS) is 12.3. The van der Waals surface area contributed by atoms with Crippen molar-refractivity contribution in [3.05, 3.63) is 36.9 Å². The van der Waals surface area contributed by atoms with Gasteiger partial charge in [0.15, 0.2) is 0 Å². The Morgan fingerprint density at radius 3 is 3.06 bits per heavy atom. The zero-order chi connectivity index (χ0) is 13.0. The van der Waals surface area contributed by atoms with E-state index in [-0.39, 0.29) is 12.0 Å². The molecule has 2 aromatic rings. The maximum Gasteiger partial charge on any atom is 0.305 e. The highest BCUT2D eigenvalue weighted by Crippen LogP contribution is 2.20. The Kier molecular flexibility index (Phi) is 3.72. The fourth-order valence-electron chi connectivity index (χ4n) is 1.84. The molecule has 0 bridgehead atoms. The van der Waals surface area contributed by atoms with Gasteiger partial charge in [0, 0.05) is 6.42 Å². The molecule has 0 fully saturated rings. The SMILES string of the molecule is C=CC(CCC(=O)OC)n1nnc2ccccc21. The second-order valence-electron chi connectivity index (χ2n) is 3.94. The van der Waals surface area contributed by atoms with Crippen molar-refractivity contribution < 1.29 is 9.53 Å². The molecule has 0 amide bonds. The van der Waals surface area contributed by atoms with E-state index in [4.69, 9.17) is 0 Å². The highest BCUT2D eigenvalue weighted by molar-refractivity contribution is 5.74. The largest absolute Gasteiger partial charge is 0.469 e. The molecule has 0 radical (unpaired) electrons. The Labute approximate surface area is 105 Å². The first-order valence-corrected chi connectivity index (χ1v) is 5.75. The Hall–Kier alpha value is -2.17. The van der Waals surface area contributed by atoms with Gasteiger partial charge in [0.1, 0.15) is 5.52 Å². The number of ether oxygens (including phenoxy) is 1. The molecule has 2 rings (SSSR count). The molecule has 5 heteroatoms. The smallest absolute Gasteiger partial charge is 0.305 e. The van der Waals surface area contributed by atoms with Crippen LogP contribution in [0, 0.1) is 0 Å². The Balaban J connectivity index is 2.22. The van der Waals surface area contributed by atoms with E-state index in [2.05, 4.69) is 21.6 Å². The van der Waals surface area contributed by atoms with Crippen molar-refractivity contribution in [3.8, 4) is 0 Å². The molecule has 0 saturated heterocycles. The standard InChI is InChI=1S/C13H15N3O2/c1-3-10(8-9-13(17)18-2)16-12-7-5-4-6-11(12)14-15-16/h3-7,10H,1,8-9H2,2H3. The maximum absolute atomic E-state index is 11.2. The van der Waals surface area contributed by atoms with E-state index in [0.717, 1.165) is 11.0 Å². The molecule has 0 N–H and O–H groups in total. The van der Waals surface area contributed by atoms with Gasteiger partial charge in [-0.3, -0.25) is 4.79 Å². The Morgan fingerprint density at radius 1 is 1.56 bits per heavy atom. The molecule has 0 spiro atoms. The van der Waals surface area contributed by atoms with E-state index >= 15 is 0 Å². The van der Waals surface area contributed by atoms with E-state index in [0.29, 0.717) is 12.8 Å². The molecule has 1 unspecified atom stereocenters. The van der Waals surface area contributed by atoms with Gasteiger partial charge in [-0.1, -0.05) is 23.4 Å². The topological polar surface area (TPSA) is 57.0 Å². The highest BCUT2D eigenvalue weighted by Gasteiger charge is 2.14. The number of hydrogen-bond acceptors (Lipinski definition) is 4. The number of fused-ring (bicyclic) bond motifs is 1. The van der Waals surface area contributed by atoms with Crippen LogP contribution in [0.3, 0.4) is 0 Å². The number of allylic oxidation sites excluding steroid dienone is 1. The number of carbonyl (C=O) groups excluding carboxylic acids is 1. The fourth-order valence-corrected chi connectivity index (χ4v) is 1.84. The summed E-state index contributed by atoms with van der Waals surface area (Å²) in [5, 5.41) is 8.20. The molecule has 1 aromatic heterocycles. The zero-order valence-electron chi connectivity index (χ0n) is 10.2. The summed E-state index contributed by atoms with van der Waals surface area (Å²) >= 11 is 0. The first kappa shape index (κ1) is 12.3. The van der Waals surface area contributed by atoms with Gasteiger partial charge < -0.3 is 4.74 Å². The van der Waals surface area contributed by atoms with Crippen LogP contribution in [-0.2, 0) is 9.53 Å². The third-order valence-electron chi connectivity index (χ3n) is 2.84. The predicted molar refractivity (Wildman–Crippen MR) is 68.0 cm³/mol. The average Bonchev–Trinajstić information content (AvgIpc) is 2.83. The van der Waals surface area contributed by atoms with Crippen molar-refractivity contribution in [2.45, 2.75) is 18.9 Å². The minimum atomic E-state index is -0.230. The number of methoxy groups -OCH3 is 1. The maximum atomic E-state index is 11.2. The van der Waals surface area contributed by atoms with Gasteiger partial charge in [-0.25, -0.2) is 4.68 Å². The van der Waals surface area contributed by atoms with Crippen molar-refractivity contribution in [3.63, 3.8) is 0 Å². The van der Waals surface area contributed by atoms with Crippen molar-refractivity contribution in [1.29, 1.82) is 0 Å². The Bertz CT molecular complexity index is 562. The summed E-state index contributed by atoms with van der Waals surface area (Å²) in [5.74, 6) is -0.230. The highest BCUT2D eigenvalue weighted by atomic mass is 16.5. The fraction of sp³-hybridized carbons (Fsp3) is 0.308. The van der Waals surface area contributed by atoms with Crippen LogP contribution in [0.1, 0.15) is 18.9 Å². The lowest BCUT2D eigenvalue weighted by Gasteiger charge is -2.12. The lowest BCUT2D eigenvalue weighted by atomic mass is 10.1. The van der Waals surface area contributed by atoms with Crippen LogP contribution < -0.4 is 0 Å². The van der Waals surface area contributed by atoms with Gasteiger partial charge in [0.05, 0.1) is 18.7 Å². The average molecular weight is 245 g/mol. The summed E-state index contributed by atoms with van der Waals surface area (Å²) < 4.78 is 6.41. The van der Waals surface area contributed by atoms with Gasteiger partial charge in [0.2, 0.25) is 0 Å². The number of aromatic nitrogens is 3. The van der Waals surface area contributed by atoms with Gasteiger partial charge in [-0.05, 0) is 18.6 Å². The quantitative estimate of drug-likeness (QED) is 0.598. The molecule has 1 atom stereocenters. The number of rotatable bonds is 5. The second kappa shape index (κ2) is 5.44. The van der Waals surface area contributed by atoms with Crippen molar-refractivity contribution >= 4 is 17.0 Å². The van der Waals surface area contributed by atoms with Crippen molar-refractivity contribution in [2.24, 2.45) is 0 Å². The molecule has 0 saturated carbocycles. The van der Waals surface area contributed by atoms with Crippen LogP contribution in [0.25, 0.3) is 11.0 Å². The van der Waals surface area contributed by atoms with Crippen LogP contribution in [0.5, 0.6) is 0 Å². The molecular formula is C13H15N3O2. The summed E-state index contributed by atoms with van der Waals surface area (Å²) in [7, 11) is 1.39. The molecule has 5 nitrogen and oxygen atoms in total. The van der Waals surface area contributed by atoms with Gasteiger partial charge in [-0.15, -0.1) is 11.7 Å². The summed E-state index contributed by atoms with van der Waals surface area (Å²) in [5.41, 5.74) is 1.77. The first-order valence-electron chi connectivity index (χ1n) is 5.75. The minimum absolute atomic E-state index is 0.0588. The second-order valence-corrected chi connectivity index (χ2v) is 3.94. The van der Waals surface area contributed by atoms with Gasteiger partial charge >= 0.3 is 5.97 Å². The lowest BCUT2D eigenvalue weighted by Crippen LogP contribution is -2.11. The number of hydrogen-bond donors (Lipinski definition) is 0. The van der Waals surface area contributed by atoms with Crippen LogP contribution >= 0.6 is 0 Å². The van der Waals surface area contributed by atoms with Crippen molar-refractivity contribution in [2.75, 3.05) is 7.11 Å². The third kappa shape index (κ3) is 2.40. The number of para-hydroxylation sites is 1. The first-order chi connectivity index (χ1) is 8.76. The molecule has 0 aliphatic carbocycles. The van der Waals surface area contributed by atoms with E-state index in [9.17, 15) is 4.79 Å². The summed E-state index contributed by atoms with van der Waals surface area (Å²) in [6.45, 7) is 3.79. The Morgan fingerprint density at radius 2 is 2.33 bits per heavy atom. The summed E-state index contributed by atoms with van der Waals surface area (Å²) in [6, 6.07) is 7.64. The van der Waals surface area contributed by atoms with Crippen LogP contribution in [0.4, 0.5) is 0 Å². The van der Waals surface area contributed by atoms with E-state index in [1.54, 1.807) is 10.8 Å². The summed E-state index contributed by atoms with van der Waals surface area (Å²) in [6.07, 6.45) is 2.70. The monoisotopic (exact) mass is 245 g/mol. The van der Waals surface area contributed by atoms with E-state index in [1.807, 2.05) is 24.3 Å². The molecule has 1 aromatic carbocycles. The van der Waals surface area contributed by atoms with Crippen LogP contribution in [0.2, 0.25) is 0 Å². The van der Waals surface area contributed by atoms with Crippen molar-refractivity contribution in [1.82, 2.24) is 15.0 Å². The molecule has 94 valence electrons. The molecular weight excluding hydrogens is 230 g/mol. The summed E-state index contributed by atoms with van der Waals surface area (Å²) in [4.78, 5) is 11.2. The van der Waals surface area contributed by atoms with Crippen LogP contribution in [-0.4, -0.2) is 28.1 Å². The minimum Gasteiger partial charge on any atom is -0.469 e. The molecule has 0 aliphatic rings. The van der Waals surface area contributed by atoms with Crippen LogP contribution in [0.15, 0.2) is 36.9 Å². The number of esters is 1. The third-order valence-corrected chi connectivity index (χ3v) is 2.84. The lowest BCUT2D eigenvalue weighted by molar-refractivity contribution is -0.140. The molecule has 0 aliphatic heterocycles. The zero-order valence-corrected chi connectivity index (χ0v) is 10.2. The molecule has 1 heterocycles. The van der Waals surface area contributed by atoms with Gasteiger partial charge in [0.25, 0.3) is 0 Å². The number of carbonyl (C=O) groups is 1. The van der Waals surface area contributed by atoms with E-state index < -0.39 is 0 Å². The predicted octanol–water partition coefficient (Wildman–Crippen LogP) is 2.11. The molecule has 18 heavy (non-hydrogen) atoms. The van der Waals surface area contributed by atoms with E-state index in [1.165, 1.54) is 7.11 Å².